The van der Waals surface area contributed by atoms with Crippen LogP contribution in [0.2, 0.25) is 0 Å². The first-order chi connectivity index (χ1) is 15.0. The SMILES string of the molecule is C=CC(=O)O.C=CC(=O)O.C=CC(=O)O.COC(=O)C(C)=COCCOCCOCCO. The lowest BCUT2D eigenvalue weighted by Crippen LogP contribution is -2.10. The molecule has 0 aromatic carbocycles. The molecule has 0 saturated carbocycles. The average molecular weight is 464 g/mol. The topological polar surface area (TPSA) is 186 Å². The van der Waals surface area contributed by atoms with Gasteiger partial charge in [-0.1, -0.05) is 19.7 Å². The average Bonchev–Trinajstić information content (AvgIpc) is 2.78. The third-order valence-corrected chi connectivity index (χ3v) is 2.24. The summed E-state index contributed by atoms with van der Waals surface area (Å²) in [5, 5.41) is 31.2. The predicted molar refractivity (Wildman–Crippen MR) is 114 cm³/mol. The molecule has 0 bridgehead atoms. The van der Waals surface area contributed by atoms with Crippen molar-refractivity contribution in [3.8, 4) is 0 Å². The molecule has 0 rings (SSSR count). The summed E-state index contributed by atoms with van der Waals surface area (Å²) in [6.45, 7) is 12.5. The molecule has 184 valence electrons. The van der Waals surface area contributed by atoms with E-state index in [4.69, 9.17) is 34.6 Å². The Hall–Kier alpha value is -3.48. The van der Waals surface area contributed by atoms with Gasteiger partial charge >= 0.3 is 23.9 Å². The summed E-state index contributed by atoms with van der Waals surface area (Å²) in [4.78, 5) is 38.7. The summed E-state index contributed by atoms with van der Waals surface area (Å²) in [5.41, 5.74) is 0.402. The Morgan fingerprint density at radius 1 is 0.750 bits per heavy atom. The zero-order valence-electron chi connectivity index (χ0n) is 18.2. The number of methoxy groups -OCH3 is 1. The number of carbonyl (C=O) groups is 4. The maximum absolute atomic E-state index is 10.9. The fraction of sp³-hybridized carbons (Fsp3) is 0.400. The van der Waals surface area contributed by atoms with Gasteiger partial charge in [0.2, 0.25) is 0 Å². The number of carbonyl (C=O) groups excluding carboxylic acids is 1. The molecule has 0 unspecified atom stereocenters. The third kappa shape index (κ3) is 45.3. The summed E-state index contributed by atoms with van der Waals surface area (Å²) in [6.07, 6.45) is 3.84. The van der Waals surface area contributed by atoms with E-state index in [0.717, 1.165) is 18.2 Å². The molecule has 0 atom stereocenters. The van der Waals surface area contributed by atoms with Crippen molar-refractivity contribution in [1.29, 1.82) is 0 Å². The Morgan fingerprint density at radius 3 is 1.41 bits per heavy atom. The van der Waals surface area contributed by atoms with Crippen molar-refractivity contribution in [2.45, 2.75) is 6.92 Å². The molecule has 0 aliphatic rings. The molecule has 0 amide bonds. The van der Waals surface area contributed by atoms with E-state index in [1.165, 1.54) is 13.4 Å². The Labute approximate surface area is 186 Å². The number of carboxylic acid groups (broad SMARTS) is 3. The van der Waals surface area contributed by atoms with Crippen LogP contribution in [0.25, 0.3) is 0 Å². The molecule has 0 spiro atoms. The zero-order valence-corrected chi connectivity index (χ0v) is 18.2. The quantitative estimate of drug-likeness (QED) is 0.131. The fourth-order valence-corrected chi connectivity index (χ4v) is 0.887. The van der Waals surface area contributed by atoms with Gasteiger partial charge in [-0.25, -0.2) is 19.2 Å². The Morgan fingerprint density at radius 2 is 1.09 bits per heavy atom. The second-order valence-corrected chi connectivity index (χ2v) is 4.74. The number of aliphatic carboxylic acids is 3. The van der Waals surface area contributed by atoms with E-state index in [2.05, 4.69) is 24.5 Å². The Kier molecular flexibility index (Phi) is 33.4. The van der Waals surface area contributed by atoms with Gasteiger partial charge < -0.3 is 39.4 Å². The molecule has 32 heavy (non-hydrogen) atoms. The van der Waals surface area contributed by atoms with E-state index in [-0.39, 0.29) is 6.61 Å². The third-order valence-electron chi connectivity index (χ3n) is 2.24. The van der Waals surface area contributed by atoms with Crippen LogP contribution in [-0.4, -0.2) is 91.1 Å². The van der Waals surface area contributed by atoms with Crippen molar-refractivity contribution in [1.82, 2.24) is 0 Å². The molecule has 4 N–H and O–H groups in total. The van der Waals surface area contributed by atoms with Crippen LogP contribution >= 0.6 is 0 Å². The number of rotatable bonds is 13. The van der Waals surface area contributed by atoms with Gasteiger partial charge in [-0.3, -0.25) is 0 Å². The first-order valence-electron chi connectivity index (χ1n) is 8.72. The lowest BCUT2D eigenvalue weighted by atomic mass is 10.3. The zero-order chi connectivity index (χ0) is 25.8. The molecule has 12 heteroatoms. The van der Waals surface area contributed by atoms with E-state index in [0.29, 0.717) is 38.6 Å². The molecular formula is C20H32O12. The standard InChI is InChI=1S/C11H20O6.3C3H4O2/c1-10(11(13)14-2)9-17-8-7-16-6-5-15-4-3-12;3*1-2-3(4)5/h9,12H,3-8H2,1-2H3;3*2H,1H2,(H,4,5). The number of carboxylic acids is 3. The predicted octanol–water partition coefficient (Wildman–Crippen LogP) is 0.876. The van der Waals surface area contributed by atoms with Gasteiger partial charge in [-0.2, -0.15) is 0 Å². The van der Waals surface area contributed by atoms with Crippen LogP contribution in [0.4, 0.5) is 0 Å². The second kappa shape index (κ2) is 29.7. The minimum absolute atomic E-state index is 0.0146. The van der Waals surface area contributed by atoms with Crippen LogP contribution in [-0.2, 0) is 38.1 Å². The van der Waals surface area contributed by atoms with Crippen molar-refractivity contribution in [3.05, 3.63) is 49.8 Å². The minimum Gasteiger partial charge on any atom is -0.498 e. The van der Waals surface area contributed by atoms with Crippen LogP contribution in [0.5, 0.6) is 0 Å². The van der Waals surface area contributed by atoms with Gasteiger partial charge in [-0.15, -0.1) is 0 Å². The van der Waals surface area contributed by atoms with Crippen LogP contribution in [0, 0.1) is 0 Å². The maximum Gasteiger partial charge on any atom is 0.336 e. The minimum atomic E-state index is -0.981. The van der Waals surface area contributed by atoms with Gasteiger partial charge in [0.05, 0.1) is 52.0 Å². The number of ether oxygens (including phenoxy) is 4. The molecule has 12 nitrogen and oxygen atoms in total. The molecule has 0 aromatic rings. The molecule has 0 fully saturated rings. The van der Waals surface area contributed by atoms with Gasteiger partial charge in [0.25, 0.3) is 0 Å². The largest absolute Gasteiger partial charge is 0.498 e. The molecule has 0 aromatic heterocycles. The number of hydrogen-bond donors (Lipinski definition) is 4. The van der Waals surface area contributed by atoms with Crippen LogP contribution in [0.3, 0.4) is 0 Å². The summed E-state index contributed by atoms with van der Waals surface area (Å²) < 4.78 is 19.7. The van der Waals surface area contributed by atoms with Gasteiger partial charge in [-0.05, 0) is 6.92 Å². The first kappa shape index (κ1) is 35.9. The lowest BCUT2D eigenvalue weighted by molar-refractivity contribution is -0.136. The van der Waals surface area contributed by atoms with Crippen LogP contribution < -0.4 is 0 Å². The molecule has 0 aliphatic heterocycles. The lowest BCUT2D eigenvalue weighted by Gasteiger charge is -2.05. The molecule has 0 aliphatic carbocycles. The summed E-state index contributed by atoms with van der Waals surface area (Å²) in [6, 6.07) is 0. The Balaban J connectivity index is -0.000000212. The van der Waals surface area contributed by atoms with E-state index in [9.17, 15) is 19.2 Å². The highest BCUT2D eigenvalue weighted by atomic mass is 16.5. The van der Waals surface area contributed by atoms with E-state index in [1.807, 2.05) is 0 Å². The van der Waals surface area contributed by atoms with Crippen molar-refractivity contribution in [2.24, 2.45) is 0 Å². The van der Waals surface area contributed by atoms with Crippen LogP contribution in [0.15, 0.2) is 49.8 Å². The van der Waals surface area contributed by atoms with Gasteiger partial charge in [0, 0.05) is 18.2 Å². The van der Waals surface area contributed by atoms with Gasteiger partial charge in [0.1, 0.15) is 6.61 Å². The van der Waals surface area contributed by atoms with Crippen LogP contribution in [0.1, 0.15) is 6.92 Å². The first-order valence-corrected chi connectivity index (χ1v) is 8.72. The highest BCUT2D eigenvalue weighted by Crippen LogP contribution is 1.95. The second-order valence-electron chi connectivity index (χ2n) is 4.74. The summed E-state index contributed by atoms with van der Waals surface area (Å²) >= 11 is 0. The van der Waals surface area contributed by atoms with Crippen molar-refractivity contribution < 1.29 is 58.6 Å². The molecule has 0 radical (unpaired) electrons. The molecular weight excluding hydrogens is 432 g/mol. The highest BCUT2D eigenvalue weighted by Gasteiger charge is 2.02. The van der Waals surface area contributed by atoms with Crippen molar-refractivity contribution in [3.63, 3.8) is 0 Å². The van der Waals surface area contributed by atoms with E-state index >= 15 is 0 Å². The molecule has 0 saturated heterocycles. The number of hydrogen-bond acceptors (Lipinski definition) is 9. The fourth-order valence-electron chi connectivity index (χ4n) is 0.887. The number of esters is 1. The van der Waals surface area contributed by atoms with Crippen molar-refractivity contribution >= 4 is 23.9 Å². The maximum atomic E-state index is 10.9. The number of aliphatic hydroxyl groups is 1. The van der Waals surface area contributed by atoms with Gasteiger partial charge in [0.15, 0.2) is 0 Å². The smallest absolute Gasteiger partial charge is 0.336 e. The summed E-state index contributed by atoms with van der Waals surface area (Å²) in [7, 11) is 1.31. The van der Waals surface area contributed by atoms with Crippen molar-refractivity contribution in [2.75, 3.05) is 46.8 Å². The molecule has 0 heterocycles. The summed E-state index contributed by atoms with van der Waals surface area (Å²) in [5.74, 6) is -3.36. The van der Waals surface area contributed by atoms with E-state index < -0.39 is 23.9 Å². The highest BCUT2D eigenvalue weighted by molar-refractivity contribution is 5.87. The normalized spacial score (nSPS) is 9.03. The van der Waals surface area contributed by atoms with E-state index in [1.54, 1.807) is 6.92 Å². The monoisotopic (exact) mass is 464 g/mol. The Bertz CT molecular complexity index is 538. The number of aliphatic hydroxyl groups excluding tert-OH is 1.